The first-order valence-corrected chi connectivity index (χ1v) is 8.72. The number of hydrogen-bond acceptors (Lipinski definition) is 3. The number of rotatable bonds is 4. The van der Waals surface area contributed by atoms with Gasteiger partial charge in [0.25, 0.3) is 0 Å². The summed E-state index contributed by atoms with van der Waals surface area (Å²) >= 11 is 0. The van der Waals surface area contributed by atoms with Crippen LogP contribution in [0.15, 0.2) is 97.2 Å². The molecule has 0 bridgehead atoms. The van der Waals surface area contributed by atoms with E-state index < -0.39 is 0 Å². The molecule has 0 atom stereocenters. The van der Waals surface area contributed by atoms with Crippen molar-refractivity contribution in [2.45, 2.75) is 0 Å². The summed E-state index contributed by atoms with van der Waals surface area (Å²) in [6.45, 7) is 0. The van der Waals surface area contributed by atoms with E-state index in [1.807, 2.05) is 97.2 Å². The highest BCUT2D eigenvalue weighted by Gasteiger charge is 2.04. The highest BCUT2D eigenvalue weighted by molar-refractivity contribution is 5.85. The van der Waals surface area contributed by atoms with Crippen LogP contribution in [0.2, 0.25) is 0 Å². The van der Waals surface area contributed by atoms with E-state index in [0.29, 0.717) is 6.41 Å². The zero-order chi connectivity index (χ0) is 20.0. The van der Waals surface area contributed by atoms with Crippen molar-refractivity contribution in [2.75, 3.05) is 12.4 Å². The minimum absolute atomic E-state index is 0. The lowest BCUT2D eigenvalue weighted by Crippen LogP contribution is -1.92. The predicted molar refractivity (Wildman–Crippen MR) is 121 cm³/mol. The third-order valence-corrected chi connectivity index (χ3v) is 3.71. The number of hydrogen-bond donors (Lipinski definition) is 3. The smallest absolute Gasteiger partial charge is 0.211 e. The monoisotopic (exact) mass is 409 g/mol. The van der Waals surface area contributed by atoms with Gasteiger partial charge in [-0.3, -0.25) is 4.79 Å². The van der Waals surface area contributed by atoms with Crippen molar-refractivity contribution >= 4 is 24.5 Å². The van der Waals surface area contributed by atoms with Gasteiger partial charge in [-0.25, -0.2) is 4.98 Å². The first-order chi connectivity index (χ1) is 13.9. The summed E-state index contributed by atoms with van der Waals surface area (Å²) in [7, 11) is 1.00. The fraction of sp³-hybridized carbons (Fsp3) is 0.0435. The molecular weight excluding hydrogens is 386 g/mol. The molecule has 0 aliphatic rings. The van der Waals surface area contributed by atoms with E-state index in [0.717, 1.165) is 35.4 Å². The number of benzene rings is 3. The van der Waals surface area contributed by atoms with E-state index in [1.165, 1.54) is 0 Å². The van der Waals surface area contributed by atoms with E-state index in [9.17, 15) is 4.79 Å². The highest BCUT2D eigenvalue weighted by Crippen LogP contribution is 2.23. The number of aromatic nitrogens is 2. The summed E-state index contributed by atoms with van der Waals surface area (Å²) in [5.41, 5.74) is 3.79. The number of halogens is 1. The van der Waals surface area contributed by atoms with Crippen LogP contribution in [0, 0.1) is 0 Å². The third-order valence-electron chi connectivity index (χ3n) is 3.71. The van der Waals surface area contributed by atoms with E-state index >= 15 is 0 Å². The molecule has 1 aromatic heterocycles. The van der Waals surface area contributed by atoms with E-state index in [-0.39, 0.29) is 12.4 Å². The minimum Gasteiger partial charge on any atom is -0.400 e. The fourth-order valence-corrected chi connectivity index (χ4v) is 2.41. The Morgan fingerprint density at radius 2 is 1.31 bits per heavy atom. The molecule has 1 amide bonds. The Balaban J connectivity index is 0.000000398. The molecule has 0 unspecified atom stereocenters. The van der Waals surface area contributed by atoms with Crippen LogP contribution in [0.3, 0.4) is 0 Å². The van der Waals surface area contributed by atoms with Gasteiger partial charge >= 0.3 is 0 Å². The Morgan fingerprint density at radius 1 is 0.793 bits per heavy atom. The highest BCUT2D eigenvalue weighted by atomic mass is 35.5. The molecule has 29 heavy (non-hydrogen) atoms. The zero-order valence-corrected chi connectivity index (χ0v) is 16.8. The average Bonchev–Trinajstić information content (AvgIpc) is 3.29. The van der Waals surface area contributed by atoms with Crippen molar-refractivity contribution in [3.63, 3.8) is 0 Å². The summed E-state index contributed by atoms with van der Waals surface area (Å²) < 4.78 is 0. The molecule has 4 rings (SSSR count). The minimum atomic E-state index is 0. The lowest BCUT2D eigenvalue weighted by Gasteiger charge is -2.01. The number of nitrogens with zero attached hydrogens (tertiary/aromatic N) is 1. The average molecular weight is 410 g/mol. The summed E-state index contributed by atoms with van der Waals surface area (Å²) in [6.07, 6.45) is 2.48. The maximum Gasteiger partial charge on any atom is 0.211 e. The number of H-pyrrole nitrogens is 1. The van der Waals surface area contributed by atoms with Gasteiger partial charge in [-0.15, -0.1) is 12.4 Å². The number of anilines is 1. The molecule has 4 aromatic rings. The quantitative estimate of drug-likeness (QED) is 0.414. The molecule has 5 nitrogen and oxygen atoms in total. The number of amides is 1. The van der Waals surface area contributed by atoms with Crippen LogP contribution in [0.4, 0.5) is 5.69 Å². The Kier molecular flexibility index (Phi) is 11.2. The number of nitrogens with one attached hydrogen (secondary N) is 2. The van der Waals surface area contributed by atoms with Gasteiger partial charge in [-0.05, 0) is 17.7 Å². The second-order valence-corrected chi connectivity index (χ2v) is 5.51. The van der Waals surface area contributed by atoms with Crippen LogP contribution in [0.1, 0.15) is 0 Å². The molecular formula is C23H24ClN3O2. The van der Waals surface area contributed by atoms with Crippen LogP contribution in [-0.4, -0.2) is 28.6 Å². The summed E-state index contributed by atoms with van der Waals surface area (Å²) in [6, 6.07) is 29.6. The first-order valence-electron chi connectivity index (χ1n) is 8.72. The molecule has 0 aliphatic carbocycles. The molecule has 0 saturated heterocycles. The van der Waals surface area contributed by atoms with Crippen molar-refractivity contribution in [1.29, 1.82) is 0 Å². The van der Waals surface area contributed by atoms with Crippen molar-refractivity contribution < 1.29 is 9.90 Å². The molecule has 0 aliphatic heterocycles. The molecule has 3 N–H and O–H groups in total. The molecule has 0 fully saturated rings. The molecule has 1 heterocycles. The number of aliphatic hydroxyl groups is 1. The van der Waals surface area contributed by atoms with Gasteiger partial charge in [0.15, 0.2) is 0 Å². The Hall–Kier alpha value is -3.41. The molecule has 0 spiro atoms. The molecule has 0 saturated carbocycles. The van der Waals surface area contributed by atoms with Crippen molar-refractivity contribution in [3.05, 3.63) is 97.2 Å². The lowest BCUT2D eigenvalue weighted by atomic mass is 10.1. The Bertz CT molecular complexity index is 901. The third kappa shape index (κ3) is 7.62. The van der Waals surface area contributed by atoms with Crippen LogP contribution in [0.25, 0.3) is 22.6 Å². The Morgan fingerprint density at radius 3 is 1.83 bits per heavy atom. The van der Waals surface area contributed by atoms with Crippen molar-refractivity contribution in [2.24, 2.45) is 0 Å². The number of aliphatic hydroxyl groups excluding tert-OH is 1. The van der Waals surface area contributed by atoms with E-state index in [2.05, 4.69) is 15.3 Å². The van der Waals surface area contributed by atoms with Crippen LogP contribution < -0.4 is 5.32 Å². The number of carbonyl (C=O) groups excluding carboxylic acids is 1. The standard InChI is InChI=1S/C16H13N3O.C6H6.CH4O.ClH/c20-11-18-14-8-6-12(7-9-14)15-10-17-16(19-15)13-4-2-1-3-5-13;1-2-4-6-5-3-1;1-2;/h1-11H,(H,17,19)(H,18,20);1-6H;2H,1H3;1H. The topological polar surface area (TPSA) is 78.0 Å². The van der Waals surface area contributed by atoms with E-state index in [4.69, 9.17) is 5.11 Å². The van der Waals surface area contributed by atoms with Gasteiger partial charge in [0.1, 0.15) is 5.82 Å². The maximum atomic E-state index is 10.4. The van der Waals surface area contributed by atoms with Gasteiger partial charge < -0.3 is 15.4 Å². The van der Waals surface area contributed by atoms with Crippen LogP contribution >= 0.6 is 12.4 Å². The normalized spacial score (nSPS) is 8.90. The van der Waals surface area contributed by atoms with Crippen molar-refractivity contribution in [1.82, 2.24) is 9.97 Å². The predicted octanol–water partition coefficient (Wildman–Crippen LogP) is 5.03. The van der Waals surface area contributed by atoms with Crippen LogP contribution in [-0.2, 0) is 4.79 Å². The largest absolute Gasteiger partial charge is 0.400 e. The summed E-state index contributed by atoms with van der Waals surface area (Å²) in [4.78, 5) is 18.1. The second-order valence-electron chi connectivity index (χ2n) is 5.51. The zero-order valence-electron chi connectivity index (χ0n) is 16.0. The SMILES string of the molecule is CO.Cl.O=CNc1ccc(-c2cnc(-c3ccccc3)[nH]2)cc1.c1ccccc1. The van der Waals surface area contributed by atoms with Gasteiger partial charge in [0.2, 0.25) is 6.41 Å². The molecule has 150 valence electrons. The second kappa shape index (κ2) is 13.7. The Labute approximate surface area is 176 Å². The first kappa shape index (κ1) is 23.6. The fourth-order valence-electron chi connectivity index (χ4n) is 2.41. The van der Waals surface area contributed by atoms with Gasteiger partial charge in [0.05, 0.1) is 11.9 Å². The molecule has 6 heteroatoms. The number of aromatic amines is 1. The van der Waals surface area contributed by atoms with Crippen LogP contribution in [0.5, 0.6) is 0 Å². The summed E-state index contributed by atoms with van der Waals surface area (Å²) in [5, 5.41) is 9.61. The van der Waals surface area contributed by atoms with Crippen molar-refractivity contribution in [3.8, 4) is 22.6 Å². The van der Waals surface area contributed by atoms with Gasteiger partial charge in [-0.1, -0.05) is 78.9 Å². The van der Waals surface area contributed by atoms with Gasteiger partial charge in [-0.2, -0.15) is 0 Å². The molecule has 0 radical (unpaired) electrons. The number of imidazole rings is 1. The van der Waals surface area contributed by atoms with Gasteiger partial charge in [0, 0.05) is 18.4 Å². The maximum absolute atomic E-state index is 10.4. The lowest BCUT2D eigenvalue weighted by molar-refractivity contribution is -0.105. The number of carbonyl (C=O) groups is 1. The molecule has 3 aromatic carbocycles. The summed E-state index contributed by atoms with van der Waals surface area (Å²) in [5.74, 6) is 0.843. The van der Waals surface area contributed by atoms with E-state index in [1.54, 1.807) is 0 Å².